The average Bonchev–Trinajstić information content (AvgIpc) is 3.19. The maximum Gasteiger partial charge on any atom is 0.203 e. The SMILES string of the molecule is COc1ccc(CNC2CC(C)(C)Cc3c2cnn3-c2ccccc2C)c(OC)c1OC. The van der Waals surface area contributed by atoms with E-state index < -0.39 is 0 Å². The first kappa shape index (κ1) is 22.2. The molecule has 1 N–H and O–H groups in total. The number of fused-ring (bicyclic) bond motifs is 1. The molecule has 0 saturated heterocycles. The first-order chi connectivity index (χ1) is 15.4. The van der Waals surface area contributed by atoms with Crippen LogP contribution in [0.3, 0.4) is 0 Å². The highest BCUT2D eigenvalue weighted by molar-refractivity contribution is 5.55. The summed E-state index contributed by atoms with van der Waals surface area (Å²) in [7, 11) is 4.93. The summed E-state index contributed by atoms with van der Waals surface area (Å²) in [5.74, 6) is 1.98. The van der Waals surface area contributed by atoms with E-state index in [1.54, 1.807) is 21.3 Å². The lowest BCUT2D eigenvalue weighted by molar-refractivity contribution is 0.252. The molecule has 1 unspecified atom stereocenters. The molecule has 6 nitrogen and oxygen atoms in total. The van der Waals surface area contributed by atoms with Crippen LogP contribution in [0.15, 0.2) is 42.6 Å². The molecule has 0 aliphatic heterocycles. The lowest BCUT2D eigenvalue weighted by Gasteiger charge is -2.36. The Balaban J connectivity index is 1.65. The van der Waals surface area contributed by atoms with Crippen molar-refractivity contribution in [2.45, 2.75) is 46.2 Å². The number of nitrogens with zero attached hydrogens (tertiary/aromatic N) is 2. The van der Waals surface area contributed by atoms with Crippen LogP contribution in [0.25, 0.3) is 5.69 Å². The average molecular weight is 436 g/mol. The van der Waals surface area contributed by atoms with Gasteiger partial charge in [0.2, 0.25) is 5.75 Å². The molecule has 0 bridgehead atoms. The molecule has 1 aromatic heterocycles. The van der Waals surface area contributed by atoms with E-state index in [4.69, 9.17) is 19.3 Å². The Bertz CT molecular complexity index is 1100. The van der Waals surface area contributed by atoms with Gasteiger partial charge in [-0.05, 0) is 42.9 Å². The van der Waals surface area contributed by atoms with Crippen LogP contribution in [0.4, 0.5) is 0 Å². The van der Waals surface area contributed by atoms with Gasteiger partial charge in [0.25, 0.3) is 0 Å². The first-order valence-corrected chi connectivity index (χ1v) is 11.0. The second kappa shape index (κ2) is 8.87. The fourth-order valence-corrected chi connectivity index (χ4v) is 4.77. The van der Waals surface area contributed by atoms with Crippen LogP contribution >= 0.6 is 0 Å². The van der Waals surface area contributed by atoms with Gasteiger partial charge in [-0.25, -0.2) is 4.68 Å². The van der Waals surface area contributed by atoms with E-state index in [-0.39, 0.29) is 11.5 Å². The molecule has 0 amide bonds. The molecule has 1 heterocycles. The van der Waals surface area contributed by atoms with Crippen LogP contribution in [0.5, 0.6) is 17.2 Å². The summed E-state index contributed by atoms with van der Waals surface area (Å²) in [6.07, 6.45) is 4.06. The van der Waals surface area contributed by atoms with Gasteiger partial charge >= 0.3 is 0 Å². The van der Waals surface area contributed by atoms with Crippen molar-refractivity contribution in [1.82, 2.24) is 15.1 Å². The molecular weight excluding hydrogens is 402 g/mol. The smallest absolute Gasteiger partial charge is 0.203 e. The first-order valence-electron chi connectivity index (χ1n) is 11.0. The number of ether oxygens (including phenoxy) is 3. The Labute approximate surface area is 190 Å². The molecule has 1 atom stereocenters. The molecule has 0 spiro atoms. The Morgan fingerprint density at radius 1 is 1.03 bits per heavy atom. The van der Waals surface area contributed by atoms with Gasteiger partial charge in [0, 0.05) is 29.4 Å². The molecule has 3 aromatic rings. The van der Waals surface area contributed by atoms with Crippen molar-refractivity contribution in [3.8, 4) is 22.9 Å². The van der Waals surface area contributed by atoms with E-state index in [2.05, 4.69) is 55.0 Å². The summed E-state index contributed by atoms with van der Waals surface area (Å²) in [5.41, 5.74) is 6.11. The van der Waals surface area contributed by atoms with Gasteiger partial charge in [0.1, 0.15) is 0 Å². The second-order valence-electron chi connectivity index (χ2n) is 9.22. The van der Waals surface area contributed by atoms with Crippen molar-refractivity contribution < 1.29 is 14.2 Å². The van der Waals surface area contributed by atoms with Crippen LogP contribution in [0.2, 0.25) is 0 Å². The van der Waals surface area contributed by atoms with Crippen molar-refractivity contribution in [1.29, 1.82) is 0 Å². The highest BCUT2D eigenvalue weighted by Gasteiger charge is 2.35. The highest BCUT2D eigenvalue weighted by atomic mass is 16.5. The predicted molar refractivity (Wildman–Crippen MR) is 126 cm³/mol. The van der Waals surface area contributed by atoms with E-state index >= 15 is 0 Å². The minimum Gasteiger partial charge on any atom is -0.493 e. The van der Waals surface area contributed by atoms with E-state index in [1.807, 2.05) is 18.3 Å². The van der Waals surface area contributed by atoms with E-state index in [0.717, 1.165) is 24.1 Å². The topological polar surface area (TPSA) is 57.5 Å². The predicted octanol–water partition coefficient (Wildman–Crippen LogP) is 5.01. The molecular formula is C26H33N3O3. The molecule has 0 fully saturated rings. The van der Waals surface area contributed by atoms with Crippen LogP contribution in [0.1, 0.15) is 48.7 Å². The molecule has 4 rings (SSSR count). The number of para-hydroxylation sites is 1. The van der Waals surface area contributed by atoms with Crippen LogP contribution < -0.4 is 19.5 Å². The minimum absolute atomic E-state index is 0.160. The van der Waals surface area contributed by atoms with Crippen molar-refractivity contribution in [2.75, 3.05) is 21.3 Å². The number of methoxy groups -OCH3 is 3. The number of benzene rings is 2. The Kier molecular flexibility index (Phi) is 6.15. The summed E-state index contributed by atoms with van der Waals surface area (Å²) < 4.78 is 18.8. The summed E-state index contributed by atoms with van der Waals surface area (Å²) in [4.78, 5) is 0. The Morgan fingerprint density at radius 2 is 1.78 bits per heavy atom. The van der Waals surface area contributed by atoms with Gasteiger partial charge in [0.05, 0.1) is 33.2 Å². The number of aryl methyl sites for hydroxylation is 1. The third-order valence-electron chi connectivity index (χ3n) is 6.35. The molecule has 6 heteroatoms. The van der Waals surface area contributed by atoms with Crippen molar-refractivity contribution in [3.63, 3.8) is 0 Å². The molecule has 1 aliphatic carbocycles. The van der Waals surface area contributed by atoms with Crippen molar-refractivity contribution in [3.05, 3.63) is 65.0 Å². The van der Waals surface area contributed by atoms with Gasteiger partial charge in [-0.3, -0.25) is 0 Å². The zero-order chi connectivity index (χ0) is 22.9. The standard InChI is InChI=1S/C26H33N3O3/c1-17-9-7-8-10-21(17)29-22-14-26(2,3)13-20(19(22)16-28-29)27-15-18-11-12-23(30-4)25(32-6)24(18)31-5/h7-12,16,20,27H,13-15H2,1-6H3. The fourth-order valence-electron chi connectivity index (χ4n) is 4.77. The van der Waals surface area contributed by atoms with E-state index in [1.165, 1.54) is 16.8 Å². The summed E-state index contributed by atoms with van der Waals surface area (Å²) >= 11 is 0. The van der Waals surface area contributed by atoms with Gasteiger partial charge in [-0.2, -0.15) is 5.10 Å². The number of hydrogen-bond acceptors (Lipinski definition) is 5. The number of nitrogens with one attached hydrogen (secondary N) is 1. The highest BCUT2D eigenvalue weighted by Crippen LogP contribution is 2.43. The maximum absolute atomic E-state index is 5.67. The third-order valence-corrected chi connectivity index (χ3v) is 6.35. The van der Waals surface area contributed by atoms with Gasteiger partial charge in [-0.15, -0.1) is 0 Å². The number of hydrogen-bond donors (Lipinski definition) is 1. The summed E-state index contributed by atoms with van der Waals surface area (Å²) in [5, 5.41) is 8.56. The van der Waals surface area contributed by atoms with E-state index in [9.17, 15) is 0 Å². The monoisotopic (exact) mass is 435 g/mol. The van der Waals surface area contributed by atoms with Crippen LogP contribution in [-0.4, -0.2) is 31.1 Å². The van der Waals surface area contributed by atoms with Gasteiger partial charge in [-0.1, -0.05) is 38.1 Å². The molecule has 32 heavy (non-hydrogen) atoms. The zero-order valence-electron chi connectivity index (χ0n) is 19.9. The number of rotatable bonds is 7. The normalized spacial score (nSPS) is 17.0. The fraction of sp³-hybridized carbons (Fsp3) is 0.423. The lowest BCUT2D eigenvalue weighted by atomic mass is 9.74. The summed E-state index contributed by atoms with van der Waals surface area (Å²) in [6, 6.07) is 12.6. The summed E-state index contributed by atoms with van der Waals surface area (Å²) in [6.45, 7) is 7.45. The Morgan fingerprint density at radius 3 is 2.47 bits per heavy atom. The Hall–Kier alpha value is -2.99. The molecule has 1 aliphatic rings. The van der Waals surface area contributed by atoms with Crippen molar-refractivity contribution >= 4 is 0 Å². The lowest BCUT2D eigenvalue weighted by Crippen LogP contribution is -2.33. The van der Waals surface area contributed by atoms with Crippen molar-refractivity contribution in [2.24, 2.45) is 5.41 Å². The molecule has 0 saturated carbocycles. The third kappa shape index (κ3) is 4.07. The second-order valence-corrected chi connectivity index (χ2v) is 9.22. The minimum atomic E-state index is 0.160. The maximum atomic E-state index is 5.67. The van der Waals surface area contributed by atoms with Crippen LogP contribution in [-0.2, 0) is 13.0 Å². The van der Waals surface area contributed by atoms with Gasteiger partial charge in [0.15, 0.2) is 11.5 Å². The molecule has 0 radical (unpaired) electrons. The number of aromatic nitrogens is 2. The zero-order valence-corrected chi connectivity index (χ0v) is 19.9. The quantitative estimate of drug-likeness (QED) is 0.565. The van der Waals surface area contributed by atoms with E-state index in [0.29, 0.717) is 23.8 Å². The van der Waals surface area contributed by atoms with Crippen LogP contribution in [0, 0.1) is 12.3 Å². The molecule has 2 aromatic carbocycles. The molecule has 170 valence electrons. The largest absolute Gasteiger partial charge is 0.493 e. The van der Waals surface area contributed by atoms with Gasteiger partial charge < -0.3 is 19.5 Å².